The van der Waals surface area contributed by atoms with Gasteiger partial charge in [0.05, 0.1) is 17.2 Å². The zero-order chi connectivity index (χ0) is 18.4. The molecule has 1 amide bonds. The Morgan fingerprint density at radius 3 is 2.36 bits per heavy atom. The molecule has 138 valence electrons. The van der Waals surface area contributed by atoms with Crippen LogP contribution in [0.5, 0.6) is 0 Å². The van der Waals surface area contributed by atoms with E-state index < -0.39 is 27.9 Å². The van der Waals surface area contributed by atoms with Crippen LogP contribution >= 0.6 is 23.2 Å². The molecule has 3 rings (SSSR count). The summed E-state index contributed by atoms with van der Waals surface area (Å²) < 4.78 is 39.2. The van der Waals surface area contributed by atoms with E-state index in [9.17, 15) is 18.0 Å². The molecule has 25 heavy (non-hydrogen) atoms. The van der Waals surface area contributed by atoms with Crippen molar-refractivity contribution in [3.8, 4) is 0 Å². The number of piperazine rings is 1. The highest BCUT2D eigenvalue weighted by Gasteiger charge is 2.56. The van der Waals surface area contributed by atoms with Gasteiger partial charge >= 0.3 is 6.18 Å². The first-order valence-corrected chi connectivity index (χ1v) is 8.67. The Morgan fingerprint density at radius 2 is 1.84 bits per heavy atom. The maximum Gasteiger partial charge on any atom is 0.418 e. The lowest BCUT2D eigenvalue weighted by Gasteiger charge is -2.34. The van der Waals surface area contributed by atoms with Crippen molar-refractivity contribution < 1.29 is 18.0 Å². The second-order valence-corrected chi connectivity index (χ2v) is 8.07. The quantitative estimate of drug-likeness (QED) is 0.794. The van der Waals surface area contributed by atoms with Crippen molar-refractivity contribution in [3.63, 3.8) is 0 Å². The largest absolute Gasteiger partial charge is 0.418 e. The molecule has 1 saturated heterocycles. The average Bonchev–Trinajstić information content (AvgIpc) is 3.16. The van der Waals surface area contributed by atoms with Gasteiger partial charge in [0, 0.05) is 31.9 Å². The van der Waals surface area contributed by atoms with Crippen molar-refractivity contribution >= 4 is 40.5 Å². The van der Waals surface area contributed by atoms with E-state index in [1.807, 2.05) is 11.9 Å². The lowest BCUT2D eigenvalue weighted by Crippen LogP contribution is -2.44. The Kier molecular flexibility index (Phi) is 4.85. The van der Waals surface area contributed by atoms with E-state index in [1.54, 1.807) is 6.07 Å². The third-order valence-electron chi connectivity index (χ3n) is 4.58. The van der Waals surface area contributed by atoms with E-state index in [1.165, 1.54) is 6.07 Å². The van der Waals surface area contributed by atoms with Gasteiger partial charge in [-0.05, 0) is 31.7 Å². The Morgan fingerprint density at radius 1 is 1.24 bits per heavy atom. The number of carbonyl (C=O) groups excluding carboxylic acids is 1. The number of carbonyl (C=O) groups is 1. The van der Waals surface area contributed by atoms with Gasteiger partial charge < -0.3 is 15.1 Å². The van der Waals surface area contributed by atoms with Crippen LogP contribution in [0, 0.1) is 5.92 Å². The van der Waals surface area contributed by atoms with Crippen LogP contribution in [0.1, 0.15) is 12.0 Å². The molecule has 2 fully saturated rings. The molecule has 1 atom stereocenters. The molecule has 1 unspecified atom stereocenters. The van der Waals surface area contributed by atoms with Crippen LogP contribution in [0.25, 0.3) is 0 Å². The van der Waals surface area contributed by atoms with Gasteiger partial charge in [-0.1, -0.05) is 0 Å². The minimum absolute atomic E-state index is 0.239. The minimum Gasteiger partial charge on any atom is -0.369 e. The molecule has 1 aliphatic heterocycles. The summed E-state index contributed by atoms with van der Waals surface area (Å²) in [5.41, 5.74) is -0.645. The maximum atomic E-state index is 13.4. The summed E-state index contributed by atoms with van der Waals surface area (Å²) in [6.07, 6.45) is -4.34. The van der Waals surface area contributed by atoms with Crippen LogP contribution in [-0.4, -0.2) is 48.4 Å². The molecular formula is C16H18Cl2F3N3O. The summed E-state index contributed by atoms with van der Waals surface area (Å²) in [5, 5.41) is 2.32. The minimum atomic E-state index is -4.58. The first-order valence-electron chi connectivity index (χ1n) is 7.91. The summed E-state index contributed by atoms with van der Waals surface area (Å²) >= 11 is 11.6. The molecule has 9 heteroatoms. The lowest BCUT2D eigenvalue weighted by molar-refractivity contribution is -0.136. The number of halogens is 5. The molecule has 2 aliphatic rings. The molecule has 1 aliphatic carbocycles. The number of benzene rings is 1. The Labute approximate surface area is 153 Å². The van der Waals surface area contributed by atoms with Crippen molar-refractivity contribution in [2.24, 2.45) is 5.92 Å². The summed E-state index contributed by atoms with van der Waals surface area (Å²) in [6, 6.07) is 3.97. The van der Waals surface area contributed by atoms with Gasteiger partial charge in [-0.25, -0.2) is 0 Å². The highest BCUT2D eigenvalue weighted by Crippen LogP contribution is 2.53. The van der Waals surface area contributed by atoms with Gasteiger partial charge in [-0.3, -0.25) is 4.79 Å². The van der Waals surface area contributed by atoms with Gasteiger partial charge in [-0.2, -0.15) is 13.2 Å². The predicted molar refractivity (Wildman–Crippen MR) is 92.3 cm³/mol. The summed E-state index contributed by atoms with van der Waals surface area (Å²) in [6.45, 7) is 2.88. The smallest absolute Gasteiger partial charge is 0.369 e. The van der Waals surface area contributed by atoms with E-state index in [-0.39, 0.29) is 12.1 Å². The molecule has 0 radical (unpaired) electrons. The second kappa shape index (κ2) is 6.52. The average molecular weight is 396 g/mol. The SMILES string of the molecule is CN1CCN(c2ccc(NC(=O)C3CC3(Cl)Cl)c(C(F)(F)F)c2)CC1. The van der Waals surface area contributed by atoms with E-state index in [0.29, 0.717) is 18.8 Å². The number of amides is 1. The normalized spacial score (nSPS) is 23.4. The number of hydrogen-bond donors (Lipinski definition) is 1. The lowest BCUT2D eigenvalue weighted by atomic mass is 10.1. The number of nitrogens with one attached hydrogen (secondary N) is 1. The number of hydrogen-bond acceptors (Lipinski definition) is 3. The molecule has 1 aromatic carbocycles. The molecule has 1 N–H and O–H groups in total. The van der Waals surface area contributed by atoms with Crippen molar-refractivity contribution in [1.82, 2.24) is 4.90 Å². The summed E-state index contributed by atoms with van der Waals surface area (Å²) in [5.74, 6) is -1.28. The molecular weight excluding hydrogens is 378 g/mol. The fourth-order valence-corrected chi connectivity index (χ4v) is 3.36. The zero-order valence-electron chi connectivity index (χ0n) is 13.5. The molecule has 1 saturated carbocycles. The van der Waals surface area contributed by atoms with Crippen LogP contribution in [-0.2, 0) is 11.0 Å². The Balaban J connectivity index is 1.82. The molecule has 1 heterocycles. The van der Waals surface area contributed by atoms with Gasteiger partial charge in [0.2, 0.25) is 5.91 Å². The highest BCUT2D eigenvalue weighted by molar-refractivity contribution is 6.52. The van der Waals surface area contributed by atoms with Gasteiger partial charge in [0.25, 0.3) is 0 Å². The third-order valence-corrected chi connectivity index (χ3v) is 5.41. The summed E-state index contributed by atoms with van der Waals surface area (Å²) in [4.78, 5) is 16.1. The van der Waals surface area contributed by atoms with Gasteiger partial charge in [-0.15, -0.1) is 23.2 Å². The van der Waals surface area contributed by atoms with Gasteiger partial charge in [0.15, 0.2) is 0 Å². The molecule has 0 spiro atoms. The number of anilines is 2. The predicted octanol–water partition coefficient (Wildman–Crippen LogP) is 3.59. The highest BCUT2D eigenvalue weighted by atomic mass is 35.5. The fraction of sp³-hybridized carbons (Fsp3) is 0.562. The second-order valence-electron chi connectivity index (χ2n) is 6.52. The van der Waals surface area contributed by atoms with E-state index >= 15 is 0 Å². The number of rotatable bonds is 3. The number of nitrogens with zero attached hydrogens (tertiary/aromatic N) is 2. The first-order chi connectivity index (χ1) is 11.6. The topological polar surface area (TPSA) is 35.6 Å². The number of likely N-dealkylation sites (N-methyl/N-ethyl adjacent to an activating group) is 1. The van der Waals surface area contributed by atoms with Crippen molar-refractivity contribution in [3.05, 3.63) is 23.8 Å². The number of alkyl halides is 5. The van der Waals surface area contributed by atoms with Crippen LogP contribution < -0.4 is 10.2 Å². The van der Waals surface area contributed by atoms with Crippen LogP contribution in [0.15, 0.2) is 18.2 Å². The third kappa shape index (κ3) is 4.15. The van der Waals surface area contributed by atoms with Crippen molar-refractivity contribution in [2.75, 3.05) is 43.4 Å². The molecule has 0 aromatic heterocycles. The van der Waals surface area contributed by atoms with Crippen LogP contribution in [0.4, 0.5) is 24.5 Å². The van der Waals surface area contributed by atoms with Crippen LogP contribution in [0.2, 0.25) is 0 Å². The standard InChI is InChI=1S/C16H18Cl2F3N3O/c1-23-4-6-24(7-5-23)10-2-3-13(11(8-10)16(19,20)21)22-14(25)12-9-15(12,17)18/h2-3,8,12H,4-7,9H2,1H3,(H,22,25). The Hall–Kier alpha value is -1.18. The monoisotopic (exact) mass is 395 g/mol. The van der Waals surface area contributed by atoms with E-state index in [2.05, 4.69) is 10.2 Å². The zero-order valence-corrected chi connectivity index (χ0v) is 15.0. The van der Waals surface area contributed by atoms with E-state index in [4.69, 9.17) is 23.2 Å². The first kappa shape index (κ1) is 18.6. The molecule has 0 bridgehead atoms. The van der Waals surface area contributed by atoms with Crippen LogP contribution in [0.3, 0.4) is 0 Å². The molecule has 4 nitrogen and oxygen atoms in total. The van der Waals surface area contributed by atoms with Crippen molar-refractivity contribution in [2.45, 2.75) is 16.9 Å². The van der Waals surface area contributed by atoms with Crippen molar-refractivity contribution in [1.29, 1.82) is 0 Å². The Bertz CT molecular complexity index is 673. The maximum absolute atomic E-state index is 13.4. The summed E-state index contributed by atoms with van der Waals surface area (Å²) in [7, 11) is 1.97. The molecule has 1 aromatic rings. The van der Waals surface area contributed by atoms with Gasteiger partial charge in [0.1, 0.15) is 4.33 Å². The van der Waals surface area contributed by atoms with E-state index in [0.717, 1.165) is 19.2 Å². The fourth-order valence-electron chi connectivity index (χ4n) is 2.85.